The van der Waals surface area contributed by atoms with Crippen LogP contribution in [0.5, 0.6) is 0 Å². The highest BCUT2D eigenvalue weighted by Gasteiger charge is 2.34. The Morgan fingerprint density at radius 1 is 1.35 bits per heavy atom. The molecule has 1 fully saturated rings. The van der Waals surface area contributed by atoms with Crippen LogP contribution < -0.4 is 5.32 Å². The Morgan fingerprint density at radius 3 is 2.65 bits per heavy atom. The maximum absolute atomic E-state index is 12.3. The summed E-state index contributed by atoms with van der Waals surface area (Å²) in [6.07, 6.45) is 0. The van der Waals surface area contributed by atoms with E-state index in [2.05, 4.69) is 15.3 Å². The standard InChI is InChI=1S/C14H22N4O4S/c1-9-5-12(16-10(2)15-9)14(19)17-13-7-22-6-11(13)8-23(20,21)18(3)4/h5,11,13H,6-8H2,1-4H3,(H,17,19)/t11-,13-/m0/s1. The Bertz CT molecular complexity index is 670. The molecule has 1 aromatic heterocycles. The van der Waals surface area contributed by atoms with Crippen molar-refractivity contribution in [3.63, 3.8) is 0 Å². The summed E-state index contributed by atoms with van der Waals surface area (Å²) < 4.78 is 30.6. The highest BCUT2D eigenvalue weighted by atomic mass is 32.2. The van der Waals surface area contributed by atoms with Gasteiger partial charge in [0.2, 0.25) is 10.0 Å². The van der Waals surface area contributed by atoms with Gasteiger partial charge < -0.3 is 10.1 Å². The minimum absolute atomic E-state index is 0.0627. The van der Waals surface area contributed by atoms with Crippen LogP contribution in [0.4, 0.5) is 0 Å². The third-order valence-corrected chi connectivity index (χ3v) is 5.66. The van der Waals surface area contributed by atoms with Crippen LogP contribution in [0.3, 0.4) is 0 Å². The Labute approximate surface area is 136 Å². The van der Waals surface area contributed by atoms with Crippen LogP contribution in [0.25, 0.3) is 0 Å². The van der Waals surface area contributed by atoms with E-state index in [1.54, 1.807) is 19.9 Å². The van der Waals surface area contributed by atoms with Crippen molar-refractivity contribution in [2.75, 3.05) is 33.1 Å². The van der Waals surface area contributed by atoms with Crippen molar-refractivity contribution in [1.29, 1.82) is 0 Å². The number of carbonyl (C=O) groups excluding carboxylic acids is 1. The molecule has 0 radical (unpaired) electrons. The van der Waals surface area contributed by atoms with E-state index in [0.29, 0.717) is 24.7 Å². The highest BCUT2D eigenvalue weighted by molar-refractivity contribution is 7.89. The molecule has 1 aliphatic rings. The van der Waals surface area contributed by atoms with Crippen molar-refractivity contribution in [1.82, 2.24) is 19.6 Å². The van der Waals surface area contributed by atoms with E-state index in [4.69, 9.17) is 4.74 Å². The predicted octanol–water partition coefficient (Wildman–Crippen LogP) is -0.270. The molecule has 128 valence electrons. The van der Waals surface area contributed by atoms with Crippen molar-refractivity contribution >= 4 is 15.9 Å². The van der Waals surface area contributed by atoms with Crippen molar-refractivity contribution in [2.24, 2.45) is 5.92 Å². The van der Waals surface area contributed by atoms with Gasteiger partial charge in [-0.2, -0.15) is 0 Å². The lowest BCUT2D eigenvalue weighted by Crippen LogP contribution is -2.43. The predicted molar refractivity (Wildman–Crippen MR) is 84.5 cm³/mol. The van der Waals surface area contributed by atoms with Crippen molar-refractivity contribution in [3.05, 3.63) is 23.3 Å². The number of hydrogen-bond acceptors (Lipinski definition) is 6. The fourth-order valence-corrected chi connectivity index (χ4v) is 3.59. The molecule has 23 heavy (non-hydrogen) atoms. The minimum Gasteiger partial charge on any atom is -0.379 e. The Hall–Kier alpha value is -1.58. The summed E-state index contributed by atoms with van der Waals surface area (Å²) in [5.74, 6) is -0.173. The van der Waals surface area contributed by atoms with Gasteiger partial charge in [0.1, 0.15) is 11.5 Å². The smallest absolute Gasteiger partial charge is 0.270 e. The van der Waals surface area contributed by atoms with Crippen LogP contribution in [0.15, 0.2) is 6.07 Å². The van der Waals surface area contributed by atoms with Crippen LogP contribution in [0.1, 0.15) is 22.0 Å². The minimum atomic E-state index is -3.35. The van der Waals surface area contributed by atoms with Gasteiger partial charge in [-0.1, -0.05) is 0 Å². The van der Waals surface area contributed by atoms with Crippen molar-refractivity contribution in [3.8, 4) is 0 Å². The summed E-state index contributed by atoms with van der Waals surface area (Å²) >= 11 is 0. The molecule has 8 nitrogen and oxygen atoms in total. The number of aryl methyl sites for hydroxylation is 2. The average Bonchev–Trinajstić information content (AvgIpc) is 2.84. The normalized spacial score (nSPS) is 21.6. The lowest BCUT2D eigenvalue weighted by atomic mass is 10.1. The lowest BCUT2D eigenvalue weighted by molar-refractivity contribution is 0.0920. The van der Waals surface area contributed by atoms with E-state index < -0.39 is 10.0 Å². The van der Waals surface area contributed by atoms with E-state index in [0.717, 1.165) is 0 Å². The molecule has 1 aliphatic heterocycles. The van der Waals surface area contributed by atoms with Gasteiger partial charge in [-0.15, -0.1) is 0 Å². The molecule has 2 atom stereocenters. The second kappa shape index (κ2) is 6.90. The molecule has 9 heteroatoms. The van der Waals surface area contributed by atoms with Crippen molar-refractivity contribution in [2.45, 2.75) is 19.9 Å². The Balaban J connectivity index is 2.07. The molecule has 1 aromatic rings. The quantitative estimate of drug-likeness (QED) is 0.790. The van der Waals surface area contributed by atoms with E-state index in [-0.39, 0.29) is 29.3 Å². The molecule has 1 saturated heterocycles. The molecule has 2 rings (SSSR count). The first kappa shape index (κ1) is 17.8. The lowest BCUT2D eigenvalue weighted by Gasteiger charge is -2.21. The average molecular weight is 342 g/mol. The number of nitrogens with zero attached hydrogens (tertiary/aromatic N) is 3. The monoisotopic (exact) mass is 342 g/mol. The molecule has 0 spiro atoms. The molecule has 0 unspecified atom stereocenters. The zero-order chi connectivity index (χ0) is 17.2. The molecular weight excluding hydrogens is 320 g/mol. The molecule has 0 bridgehead atoms. The first-order valence-corrected chi connectivity index (χ1v) is 8.91. The number of nitrogens with one attached hydrogen (secondary N) is 1. The zero-order valence-electron chi connectivity index (χ0n) is 13.7. The van der Waals surface area contributed by atoms with Gasteiger partial charge in [0.15, 0.2) is 0 Å². The Morgan fingerprint density at radius 2 is 2.04 bits per heavy atom. The summed E-state index contributed by atoms with van der Waals surface area (Å²) in [7, 11) is -0.370. The summed E-state index contributed by atoms with van der Waals surface area (Å²) in [6.45, 7) is 4.10. The molecule has 2 heterocycles. The summed E-state index contributed by atoms with van der Waals surface area (Å²) in [4.78, 5) is 20.6. The van der Waals surface area contributed by atoms with Gasteiger partial charge in [-0.25, -0.2) is 22.7 Å². The topological polar surface area (TPSA) is 101 Å². The van der Waals surface area contributed by atoms with Gasteiger partial charge >= 0.3 is 0 Å². The van der Waals surface area contributed by atoms with Crippen LogP contribution in [-0.2, 0) is 14.8 Å². The SMILES string of the molecule is Cc1cc(C(=O)N[C@H]2COC[C@H]2CS(=O)(=O)N(C)C)nc(C)n1. The fraction of sp³-hybridized carbons (Fsp3) is 0.643. The molecule has 1 amide bonds. The summed E-state index contributed by atoms with van der Waals surface area (Å²) in [5, 5.41) is 2.82. The van der Waals surface area contributed by atoms with Crippen LogP contribution >= 0.6 is 0 Å². The van der Waals surface area contributed by atoms with Crippen molar-refractivity contribution < 1.29 is 17.9 Å². The maximum atomic E-state index is 12.3. The first-order valence-electron chi connectivity index (χ1n) is 7.30. The van der Waals surface area contributed by atoms with E-state index in [1.807, 2.05) is 0 Å². The summed E-state index contributed by atoms with van der Waals surface area (Å²) in [5.41, 5.74) is 0.980. The van der Waals surface area contributed by atoms with Crippen LogP contribution in [0, 0.1) is 19.8 Å². The van der Waals surface area contributed by atoms with Gasteiger partial charge in [-0.3, -0.25) is 4.79 Å². The van der Waals surface area contributed by atoms with Gasteiger partial charge in [0.25, 0.3) is 5.91 Å². The number of sulfonamides is 1. The van der Waals surface area contributed by atoms with E-state index in [1.165, 1.54) is 18.4 Å². The number of ether oxygens (including phenoxy) is 1. The molecular formula is C14H22N4O4S. The zero-order valence-corrected chi connectivity index (χ0v) is 14.6. The third kappa shape index (κ3) is 4.46. The second-order valence-corrected chi connectivity index (χ2v) is 8.11. The molecule has 1 N–H and O–H groups in total. The molecule has 0 saturated carbocycles. The number of aromatic nitrogens is 2. The van der Waals surface area contributed by atoms with E-state index >= 15 is 0 Å². The largest absolute Gasteiger partial charge is 0.379 e. The summed E-state index contributed by atoms with van der Waals surface area (Å²) in [6, 6.07) is 1.25. The maximum Gasteiger partial charge on any atom is 0.270 e. The van der Waals surface area contributed by atoms with Gasteiger partial charge in [-0.05, 0) is 19.9 Å². The molecule has 0 aliphatic carbocycles. The highest BCUT2D eigenvalue weighted by Crippen LogP contribution is 2.17. The Kier molecular flexibility index (Phi) is 5.33. The number of amides is 1. The number of hydrogen-bond donors (Lipinski definition) is 1. The van der Waals surface area contributed by atoms with E-state index in [9.17, 15) is 13.2 Å². The van der Waals surface area contributed by atoms with Crippen LogP contribution in [-0.4, -0.2) is 67.7 Å². The van der Waals surface area contributed by atoms with Crippen LogP contribution in [0.2, 0.25) is 0 Å². The second-order valence-electron chi connectivity index (χ2n) is 5.88. The molecule has 0 aromatic carbocycles. The first-order chi connectivity index (χ1) is 10.7. The van der Waals surface area contributed by atoms with Gasteiger partial charge in [0, 0.05) is 25.7 Å². The number of rotatable bonds is 5. The number of carbonyl (C=O) groups is 1. The van der Waals surface area contributed by atoms with Gasteiger partial charge in [0.05, 0.1) is 25.0 Å². The fourth-order valence-electron chi connectivity index (χ4n) is 2.42. The third-order valence-electron chi connectivity index (χ3n) is 3.69.